The van der Waals surface area contributed by atoms with Crippen LogP contribution in [0, 0.1) is 13.8 Å². The van der Waals surface area contributed by atoms with Crippen molar-refractivity contribution in [3.63, 3.8) is 0 Å². The molecular formula is C16H16Br2N4O. The van der Waals surface area contributed by atoms with Crippen LogP contribution in [-0.2, 0) is 0 Å². The summed E-state index contributed by atoms with van der Waals surface area (Å²) in [6.07, 6.45) is 0. The van der Waals surface area contributed by atoms with Crippen molar-refractivity contribution in [3.05, 3.63) is 38.3 Å². The van der Waals surface area contributed by atoms with Crippen LogP contribution in [0.1, 0.15) is 18.1 Å². The van der Waals surface area contributed by atoms with Gasteiger partial charge in [0.2, 0.25) is 0 Å². The fourth-order valence-electron chi connectivity index (χ4n) is 2.38. The Morgan fingerprint density at radius 2 is 1.91 bits per heavy atom. The number of hydrogen-bond acceptors (Lipinski definition) is 4. The molecule has 0 unspecified atom stereocenters. The average molecular weight is 440 g/mol. The Morgan fingerprint density at radius 1 is 1.17 bits per heavy atom. The molecule has 3 aromatic rings. The molecule has 1 aromatic heterocycles. The highest BCUT2D eigenvalue weighted by atomic mass is 79.9. The van der Waals surface area contributed by atoms with Gasteiger partial charge in [-0.15, -0.1) is 10.2 Å². The first-order valence-corrected chi connectivity index (χ1v) is 8.76. The van der Waals surface area contributed by atoms with Crippen LogP contribution in [0.4, 0.5) is 5.69 Å². The van der Waals surface area contributed by atoms with Gasteiger partial charge in [-0.05, 0) is 60.0 Å². The van der Waals surface area contributed by atoms with Crippen LogP contribution in [-0.4, -0.2) is 21.6 Å². The van der Waals surface area contributed by atoms with Gasteiger partial charge in [-0.2, -0.15) is 4.80 Å². The molecule has 2 N–H and O–H groups in total. The Morgan fingerprint density at radius 3 is 2.61 bits per heavy atom. The zero-order valence-corrected chi connectivity index (χ0v) is 16.2. The number of anilines is 1. The molecule has 0 aliphatic carbocycles. The van der Waals surface area contributed by atoms with Gasteiger partial charge in [0, 0.05) is 10.5 Å². The van der Waals surface area contributed by atoms with Gasteiger partial charge in [-0.25, -0.2) is 0 Å². The third kappa shape index (κ3) is 2.72. The number of fused-ring (bicyclic) bond motifs is 1. The molecule has 0 bridgehead atoms. The minimum Gasteiger partial charge on any atom is -0.492 e. The minimum atomic E-state index is 0.537. The lowest BCUT2D eigenvalue weighted by Gasteiger charge is -2.08. The maximum Gasteiger partial charge on any atom is 0.145 e. The lowest BCUT2D eigenvalue weighted by atomic mass is 10.1. The van der Waals surface area contributed by atoms with Crippen LogP contribution in [0.2, 0.25) is 0 Å². The first kappa shape index (κ1) is 16.3. The van der Waals surface area contributed by atoms with Crippen molar-refractivity contribution >= 4 is 48.6 Å². The smallest absolute Gasteiger partial charge is 0.145 e. The molecule has 0 spiro atoms. The van der Waals surface area contributed by atoms with E-state index < -0.39 is 0 Å². The summed E-state index contributed by atoms with van der Waals surface area (Å²) in [5.74, 6) is 0.614. The van der Waals surface area contributed by atoms with Crippen molar-refractivity contribution in [1.29, 1.82) is 0 Å². The standard InChI is InChI=1S/C16H16Br2N4O/c1-4-23-13-7-11-16(14(18)15(13)19)21-22(20-11)12-6-5-10(17)8(2)9(12)3/h5-7H,4,19H2,1-3H3. The van der Waals surface area contributed by atoms with Crippen molar-refractivity contribution in [2.75, 3.05) is 12.3 Å². The van der Waals surface area contributed by atoms with Crippen LogP contribution >= 0.6 is 31.9 Å². The fraction of sp³-hybridized carbons (Fsp3) is 0.250. The van der Waals surface area contributed by atoms with Gasteiger partial charge in [0.15, 0.2) is 0 Å². The number of ether oxygens (including phenoxy) is 1. The molecule has 23 heavy (non-hydrogen) atoms. The number of nitrogens with two attached hydrogens (primary N) is 1. The Labute approximate surface area is 151 Å². The average Bonchev–Trinajstić information content (AvgIpc) is 2.94. The van der Waals surface area contributed by atoms with Crippen molar-refractivity contribution in [2.45, 2.75) is 20.8 Å². The van der Waals surface area contributed by atoms with E-state index in [0.29, 0.717) is 28.0 Å². The molecular weight excluding hydrogens is 424 g/mol. The van der Waals surface area contributed by atoms with E-state index in [2.05, 4.69) is 55.9 Å². The van der Waals surface area contributed by atoms with Crippen LogP contribution in [0.5, 0.6) is 5.75 Å². The van der Waals surface area contributed by atoms with Gasteiger partial charge in [-0.1, -0.05) is 15.9 Å². The maximum atomic E-state index is 6.10. The van der Waals surface area contributed by atoms with Crippen molar-refractivity contribution in [2.24, 2.45) is 0 Å². The molecule has 1 heterocycles. The molecule has 7 heteroatoms. The molecule has 0 atom stereocenters. The summed E-state index contributed by atoms with van der Waals surface area (Å²) < 4.78 is 7.33. The van der Waals surface area contributed by atoms with Gasteiger partial charge in [0.05, 0.1) is 22.5 Å². The molecule has 5 nitrogen and oxygen atoms in total. The molecule has 0 amide bonds. The molecule has 120 valence electrons. The van der Waals surface area contributed by atoms with Gasteiger partial charge >= 0.3 is 0 Å². The first-order chi connectivity index (χ1) is 10.9. The van der Waals surface area contributed by atoms with Crippen LogP contribution in [0.3, 0.4) is 0 Å². The number of nitrogen functional groups attached to an aromatic ring is 1. The minimum absolute atomic E-state index is 0.537. The quantitative estimate of drug-likeness (QED) is 0.608. The van der Waals surface area contributed by atoms with E-state index in [4.69, 9.17) is 10.5 Å². The van der Waals surface area contributed by atoms with E-state index in [1.165, 1.54) is 0 Å². The van der Waals surface area contributed by atoms with Crippen LogP contribution in [0.15, 0.2) is 27.1 Å². The molecule has 0 aliphatic heterocycles. The Balaban J connectivity index is 2.21. The second-order valence-electron chi connectivity index (χ2n) is 5.21. The summed E-state index contributed by atoms with van der Waals surface area (Å²) >= 11 is 7.05. The highest BCUT2D eigenvalue weighted by Crippen LogP contribution is 2.36. The summed E-state index contributed by atoms with van der Waals surface area (Å²) in [6.45, 7) is 6.58. The summed E-state index contributed by atoms with van der Waals surface area (Å²) in [6, 6.07) is 5.82. The van der Waals surface area contributed by atoms with Crippen molar-refractivity contribution < 1.29 is 4.74 Å². The van der Waals surface area contributed by atoms with Crippen LogP contribution in [0.25, 0.3) is 16.7 Å². The number of benzene rings is 2. The first-order valence-electron chi connectivity index (χ1n) is 7.18. The van der Waals surface area contributed by atoms with Crippen molar-refractivity contribution in [3.8, 4) is 11.4 Å². The van der Waals surface area contributed by atoms with Crippen LogP contribution < -0.4 is 10.5 Å². The van der Waals surface area contributed by atoms with E-state index in [0.717, 1.165) is 26.8 Å². The van der Waals surface area contributed by atoms with Crippen molar-refractivity contribution in [1.82, 2.24) is 15.0 Å². The zero-order valence-electron chi connectivity index (χ0n) is 13.0. The summed E-state index contributed by atoms with van der Waals surface area (Å²) in [5, 5.41) is 9.17. The van der Waals surface area contributed by atoms with Gasteiger partial charge in [-0.3, -0.25) is 0 Å². The molecule has 0 radical (unpaired) electrons. The molecule has 0 aliphatic rings. The molecule has 0 fully saturated rings. The summed E-state index contributed by atoms with van der Waals surface area (Å²) in [5.41, 5.74) is 11.3. The SMILES string of the molecule is CCOc1cc2nn(-c3ccc(Br)c(C)c3C)nc2c(Br)c1N. The predicted octanol–water partition coefficient (Wildman–Crippen LogP) is 4.54. The van der Waals surface area contributed by atoms with E-state index >= 15 is 0 Å². The second kappa shape index (κ2) is 6.13. The van der Waals surface area contributed by atoms with Gasteiger partial charge in [0.1, 0.15) is 16.8 Å². The fourth-order valence-corrected chi connectivity index (χ4v) is 3.29. The topological polar surface area (TPSA) is 66.0 Å². The second-order valence-corrected chi connectivity index (χ2v) is 6.86. The number of nitrogens with zero attached hydrogens (tertiary/aromatic N) is 3. The maximum absolute atomic E-state index is 6.10. The largest absolute Gasteiger partial charge is 0.492 e. The summed E-state index contributed by atoms with van der Waals surface area (Å²) in [7, 11) is 0. The molecule has 3 rings (SSSR count). The van der Waals surface area contributed by atoms with E-state index in [1.807, 2.05) is 25.1 Å². The summed E-state index contributed by atoms with van der Waals surface area (Å²) in [4.78, 5) is 1.64. The number of aromatic nitrogens is 3. The number of rotatable bonds is 3. The Bertz CT molecular complexity index is 905. The monoisotopic (exact) mass is 438 g/mol. The predicted molar refractivity (Wildman–Crippen MR) is 99.3 cm³/mol. The number of hydrogen-bond donors (Lipinski definition) is 1. The zero-order chi connectivity index (χ0) is 16.7. The van der Waals surface area contributed by atoms with Gasteiger partial charge in [0.25, 0.3) is 0 Å². The number of halogens is 2. The molecule has 0 saturated heterocycles. The lowest BCUT2D eigenvalue weighted by Crippen LogP contribution is -2.02. The molecule has 2 aromatic carbocycles. The lowest BCUT2D eigenvalue weighted by molar-refractivity contribution is 0.342. The third-order valence-corrected chi connectivity index (χ3v) is 5.49. The Kier molecular flexibility index (Phi) is 4.33. The van der Waals surface area contributed by atoms with Gasteiger partial charge < -0.3 is 10.5 Å². The highest BCUT2D eigenvalue weighted by Gasteiger charge is 2.16. The van der Waals surface area contributed by atoms with E-state index in [9.17, 15) is 0 Å². The normalized spacial score (nSPS) is 11.2. The Hall–Kier alpha value is -1.60. The highest BCUT2D eigenvalue weighted by molar-refractivity contribution is 9.11. The third-order valence-electron chi connectivity index (χ3n) is 3.83. The van der Waals surface area contributed by atoms with E-state index in [-0.39, 0.29) is 0 Å². The van der Waals surface area contributed by atoms with E-state index in [1.54, 1.807) is 4.80 Å². The molecule has 0 saturated carbocycles.